The molecule has 0 aliphatic carbocycles. The molecule has 2 aromatic rings. The number of rotatable bonds is 2. The van der Waals surface area contributed by atoms with Crippen LogP contribution in [0.5, 0.6) is 0 Å². The van der Waals surface area contributed by atoms with Crippen molar-refractivity contribution in [2.24, 2.45) is 0 Å². The van der Waals surface area contributed by atoms with Gasteiger partial charge in [-0.3, -0.25) is 4.98 Å². The van der Waals surface area contributed by atoms with Crippen molar-refractivity contribution in [1.29, 1.82) is 0 Å². The van der Waals surface area contributed by atoms with Crippen molar-refractivity contribution < 1.29 is 4.39 Å². The van der Waals surface area contributed by atoms with Crippen LogP contribution >= 0.6 is 0 Å². The average Bonchev–Trinajstić information content (AvgIpc) is 2.33. The summed E-state index contributed by atoms with van der Waals surface area (Å²) in [7, 11) is 1.85. The molecule has 16 heavy (non-hydrogen) atoms. The molecule has 2 rings (SSSR count). The van der Waals surface area contributed by atoms with E-state index in [1.165, 1.54) is 6.07 Å². The number of pyridine rings is 1. The topological polar surface area (TPSA) is 42.2 Å². The first-order valence-corrected chi connectivity index (χ1v) is 4.87. The number of benzene rings is 1. The molecular weight excluding hydrogens is 205 g/mol. The van der Waals surface area contributed by atoms with Gasteiger partial charge in [-0.05, 0) is 30.3 Å². The lowest BCUT2D eigenvalue weighted by atomic mass is 10.2. The molecule has 82 valence electrons. The lowest BCUT2D eigenvalue weighted by Gasteiger charge is -2.19. The van der Waals surface area contributed by atoms with Crippen LogP contribution in [-0.2, 0) is 0 Å². The Hall–Kier alpha value is -2.10. The highest BCUT2D eigenvalue weighted by Gasteiger charge is 2.06. The van der Waals surface area contributed by atoms with Gasteiger partial charge in [-0.2, -0.15) is 0 Å². The largest absolute Gasteiger partial charge is 0.396 e. The fraction of sp³-hybridized carbons (Fsp3) is 0.0833. The molecule has 0 fully saturated rings. The first kappa shape index (κ1) is 10.4. The third-order valence-electron chi connectivity index (χ3n) is 2.40. The minimum absolute atomic E-state index is 0.156. The SMILES string of the molecule is CN(c1cccnc1)c1ccc(N)c(F)c1. The Morgan fingerprint density at radius 2 is 2.06 bits per heavy atom. The predicted octanol–water partition coefficient (Wildman–Crippen LogP) is 2.57. The molecule has 0 saturated carbocycles. The number of aromatic nitrogens is 1. The highest BCUT2D eigenvalue weighted by atomic mass is 19.1. The molecule has 0 saturated heterocycles. The second-order valence-corrected chi connectivity index (χ2v) is 3.48. The zero-order valence-corrected chi connectivity index (χ0v) is 8.89. The Bertz CT molecular complexity index is 485. The summed E-state index contributed by atoms with van der Waals surface area (Å²) >= 11 is 0. The van der Waals surface area contributed by atoms with Gasteiger partial charge in [-0.1, -0.05) is 0 Å². The molecule has 3 nitrogen and oxygen atoms in total. The van der Waals surface area contributed by atoms with Crippen molar-refractivity contribution in [3.8, 4) is 0 Å². The molecule has 0 aliphatic heterocycles. The van der Waals surface area contributed by atoms with E-state index in [2.05, 4.69) is 4.98 Å². The monoisotopic (exact) mass is 217 g/mol. The third-order valence-corrected chi connectivity index (χ3v) is 2.40. The van der Waals surface area contributed by atoms with Crippen molar-refractivity contribution in [3.63, 3.8) is 0 Å². The second kappa shape index (κ2) is 4.18. The van der Waals surface area contributed by atoms with E-state index in [1.807, 2.05) is 24.1 Å². The summed E-state index contributed by atoms with van der Waals surface area (Å²) in [6, 6.07) is 8.46. The second-order valence-electron chi connectivity index (χ2n) is 3.48. The van der Waals surface area contributed by atoms with Crippen LogP contribution in [0.3, 0.4) is 0 Å². The normalized spacial score (nSPS) is 10.1. The summed E-state index contributed by atoms with van der Waals surface area (Å²) in [4.78, 5) is 5.85. The van der Waals surface area contributed by atoms with Crippen molar-refractivity contribution >= 4 is 17.1 Å². The lowest BCUT2D eigenvalue weighted by molar-refractivity contribution is 0.632. The van der Waals surface area contributed by atoms with Gasteiger partial charge in [0.05, 0.1) is 17.6 Å². The summed E-state index contributed by atoms with van der Waals surface area (Å²) in [6.45, 7) is 0. The van der Waals surface area contributed by atoms with Gasteiger partial charge in [0.15, 0.2) is 0 Å². The Kier molecular flexibility index (Phi) is 2.72. The molecular formula is C12H12FN3. The molecule has 0 radical (unpaired) electrons. The number of hydrogen-bond acceptors (Lipinski definition) is 3. The van der Waals surface area contributed by atoms with Gasteiger partial charge in [0.25, 0.3) is 0 Å². The molecule has 0 spiro atoms. The molecule has 0 bridgehead atoms. The zero-order valence-electron chi connectivity index (χ0n) is 8.89. The molecule has 0 aliphatic rings. The van der Waals surface area contributed by atoms with Crippen molar-refractivity contribution in [2.45, 2.75) is 0 Å². The smallest absolute Gasteiger partial charge is 0.148 e. The van der Waals surface area contributed by atoms with Crippen LogP contribution < -0.4 is 10.6 Å². The molecule has 0 unspecified atom stereocenters. The first-order chi connectivity index (χ1) is 7.68. The van der Waals surface area contributed by atoms with Gasteiger partial charge in [0.1, 0.15) is 5.82 Å². The lowest BCUT2D eigenvalue weighted by Crippen LogP contribution is -2.10. The number of halogens is 1. The zero-order chi connectivity index (χ0) is 11.5. The van der Waals surface area contributed by atoms with Gasteiger partial charge >= 0.3 is 0 Å². The van der Waals surface area contributed by atoms with Gasteiger partial charge in [0.2, 0.25) is 0 Å². The maximum atomic E-state index is 13.3. The van der Waals surface area contributed by atoms with Crippen LogP contribution in [0, 0.1) is 5.82 Å². The highest BCUT2D eigenvalue weighted by molar-refractivity contribution is 5.63. The first-order valence-electron chi connectivity index (χ1n) is 4.87. The maximum absolute atomic E-state index is 13.3. The summed E-state index contributed by atoms with van der Waals surface area (Å²) in [5.41, 5.74) is 7.21. The standard InChI is InChI=1S/C12H12FN3/c1-16(10-3-2-6-15-8-10)9-4-5-12(14)11(13)7-9/h2-8H,14H2,1H3. The van der Waals surface area contributed by atoms with Crippen LogP contribution in [-0.4, -0.2) is 12.0 Å². The maximum Gasteiger partial charge on any atom is 0.148 e. The fourth-order valence-electron chi connectivity index (χ4n) is 1.43. The van der Waals surface area contributed by atoms with E-state index in [0.29, 0.717) is 0 Å². The summed E-state index contributed by atoms with van der Waals surface area (Å²) in [5, 5.41) is 0. The molecule has 0 amide bonds. The molecule has 1 heterocycles. The van der Waals surface area contributed by atoms with Crippen LogP contribution in [0.2, 0.25) is 0 Å². The number of nitrogens with zero attached hydrogens (tertiary/aromatic N) is 2. The van der Waals surface area contributed by atoms with Crippen molar-refractivity contribution in [3.05, 3.63) is 48.5 Å². The van der Waals surface area contributed by atoms with Crippen molar-refractivity contribution in [1.82, 2.24) is 4.98 Å². The van der Waals surface area contributed by atoms with E-state index in [1.54, 1.807) is 24.5 Å². The van der Waals surface area contributed by atoms with Crippen LogP contribution in [0.4, 0.5) is 21.5 Å². The highest BCUT2D eigenvalue weighted by Crippen LogP contribution is 2.24. The van der Waals surface area contributed by atoms with E-state index in [-0.39, 0.29) is 5.69 Å². The molecule has 4 heteroatoms. The predicted molar refractivity (Wildman–Crippen MR) is 63.1 cm³/mol. The third kappa shape index (κ3) is 1.95. The molecule has 1 aromatic carbocycles. The fourth-order valence-corrected chi connectivity index (χ4v) is 1.43. The summed E-state index contributed by atoms with van der Waals surface area (Å²) in [6.07, 6.45) is 3.41. The van der Waals surface area contributed by atoms with Gasteiger partial charge in [0, 0.05) is 18.9 Å². The van der Waals surface area contributed by atoms with Crippen LogP contribution in [0.1, 0.15) is 0 Å². The van der Waals surface area contributed by atoms with Crippen LogP contribution in [0.15, 0.2) is 42.7 Å². The minimum atomic E-state index is -0.409. The Balaban J connectivity index is 2.34. The Morgan fingerprint density at radius 1 is 1.25 bits per heavy atom. The minimum Gasteiger partial charge on any atom is -0.396 e. The van der Waals surface area contributed by atoms with E-state index < -0.39 is 5.82 Å². The number of hydrogen-bond donors (Lipinski definition) is 1. The number of nitrogens with two attached hydrogens (primary N) is 1. The van der Waals surface area contributed by atoms with E-state index in [0.717, 1.165) is 11.4 Å². The van der Waals surface area contributed by atoms with Gasteiger partial charge in [-0.25, -0.2) is 4.39 Å². The number of anilines is 3. The Morgan fingerprint density at radius 3 is 2.69 bits per heavy atom. The average molecular weight is 217 g/mol. The van der Waals surface area contributed by atoms with Crippen molar-refractivity contribution in [2.75, 3.05) is 17.7 Å². The molecule has 0 atom stereocenters. The summed E-state index contributed by atoms with van der Waals surface area (Å²) < 4.78 is 13.3. The molecule has 2 N–H and O–H groups in total. The van der Waals surface area contributed by atoms with Gasteiger partial charge < -0.3 is 10.6 Å². The molecule has 1 aromatic heterocycles. The summed E-state index contributed by atoms with van der Waals surface area (Å²) in [5.74, 6) is -0.409. The quantitative estimate of drug-likeness (QED) is 0.786. The van der Waals surface area contributed by atoms with Crippen LogP contribution in [0.25, 0.3) is 0 Å². The number of nitrogen functional groups attached to an aromatic ring is 1. The van der Waals surface area contributed by atoms with E-state index >= 15 is 0 Å². The van der Waals surface area contributed by atoms with E-state index in [4.69, 9.17) is 5.73 Å². The van der Waals surface area contributed by atoms with Gasteiger partial charge in [-0.15, -0.1) is 0 Å². The van der Waals surface area contributed by atoms with E-state index in [9.17, 15) is 4.39 Å². The Labute approximate surface area is 93.3 Å².